The quantitative estimate of drug-likeness (QED) is 0.568. The molecule has 29 heavy (non-hydrogen) atoms. The first-order valence-electron chi connectivity index (χ1n) is 9.12. The van der Waals surface area contributed by atoms with Gasteiger partial charge in [0, 0.05) is 6.07 Å². The first kappa shape index (κ1) is 20.0. The lowest BCUT2D eigenvalue weighted by molar-refractivity contribution is 0.143. The van der Waals surface area contributed by atoms with Gasteiger partial charge in [-0.25, -0.2) is 9.18 Å². The van der Waals surface area contributed by atoms with Crippen LogP contribution in [-0.2, 0) is 15.9 Å². The van der Waals surface area contributed by atoms with Crippen molar-refractivity contribution in [1.82, 2.24) is 5.32 Å². The summed E-state index contributed by atoms with van der Waals surface area (Å²) >= 11 is 4.37. The molecule has 1 amide bonds. The van der Waals surface area contributed by atoms with Gasteiger partial charge in [0.15, 0.2) is 5.76 Å². The summed E-state index contributed by atoms with van der Waals surface area (Å²) in [5.74, 6) is 1.07. The van der Waals surface area contributed by atoms with E-state index in [0.29, 0.717) is 53.3 Å². The third-order valence-electron chi connectivity index (χ3n) is 4.80. The monoisotopic (exact) mass is 436 g/mol. The van der Waals surface area contributed by atoms with Crippen LogP contribution in [0.3, 0.4) is 0 Å². The minimum absolute atomic E-state index is 0.276. The minimum Gasteiger partial charge on any atom is -0.616 e. The van der Waals surface area contributed by atoms with Crippen LogP contribution >= 0.6 is 12.2 Å². The number of hydrogen-bond donors (Lipinski definition) is 1. The fraction of sp³-hybridized carbons (Fsp3) is 0.368. The highest BCUT2D eigenvalue weighted by Gasteiger charge is 2.33. The number of halogens is 1. The van der Waals surface area contributed by atoms with Crippen LogP contribution in [0.25, 0.3) is 0 Å². The van der Waals surface area contributed by atoms with Gasteiger partial charge in [0.25, 0.3) is 0 Å². The van der Waals surface area contributed by atoms with Gasteiger partial charge in [0.2, 0.25) is 0 Å². The summed E-state index contributed by atoms with van der Waals surface area (Å²) in [6.45, 7) is 1.68. The maximum atomic E-state index is 14.7. The van der Waals surface area contributed by atoms with E-state index in [4.69, 9.17) is 21.4 Å². The first-order chi connectivity index (χ1) is 14.0. The molecule has 0 saturated carbocycles. The van der Waals surface area contributed by atoms with E-state index in [1.54, 1.807) is 18.2 Å². The highest BCUT2D eigenvalue weighted by molar-refractivity contribution is 7.91. The molecule has 4 rings (SSSR count). The maximum absolute atomic E-state index is 14.7. The molecule has 0 unspecified atom stereocenters. The average molecular weight is 437 g/mol. The van der Waals surface area contributed by atoms with Crippen LogP contribution in [-0.4, -0.2) is 59.4 Å². The molecule has 0 spiro atoms. The predicted molar refractivity (Wildman–Crippen MR) is 111 cm³/mol. The number of rotatable bonds is 5. The third-order valence-corrected chi connectivity index (χ3v) is 6.41. The van der Waals surface area contributed by atoms with E-state index in [0.717, 1.165) is 0 Å². The van der Waals surface area contributed by atoms with Gasteiger partial charge in [-0.05, 0) is 24.3 Å². The number of cyclic esters (lactones) is 1. The number of ether oxygens (including phenoxy) is 1. The predicted octanol–water partition coefficient (Wildman–Crippen LogP) is 2.08. The lowest BCUT2D eigenvalue weighted by atomic mass is 10.2. The number of nitrogens with one attached hydrogen (secondary N) is 1. The molecule has 7 nitrogen and oxygen atoms in total. The summed E-state index contributed by atoms with van der Waals surface area (Å²) < 4.78 is 36.7. The standard InChI is InChI=1S/C19H19FN3O4S2/c20-15-10-13(3-4-16(15)22-5-8-29(25)9-6-22)23-12-14(27-19(23)24)11-21-18(28)17-2-1-7-26-17/h1,3-4,7,10,14H,5-6,8-9,11-12H2,(H,21,28)/t14-/m0/s1. The second kappa shape index (κ2) is 8.60. The molecule has 3 heterocycles. The summed E-state index contributed by atoms with van der Waals surface area (Å²) in [4.78, 5) is 15.9. The molecule has 1 N–H and O–H groups in total. The molecule has 2 aromatic rings. The molecule has 2 saturated heterocycles. The third kappa shape index (κ3) is 4.49. The van der Waals surface area contributed by atoms with Crippen molar-refractivity contribution in [1.29, 1.82) is 0 Å². The molecule has 2 aliphatic heterocycles. The minimum atomic E-state index is -0.828. The van der Waals surface area contributed by atoms with E-state index in [1.165, 1.54) is 17.2 Å². The summed E-state index contributed by atoms with van der Waals surface area (Å²) in [5, 5.41) is 2.98. The summed E-state index contributed by atoms with van der Waals surface area (Å²) in [7, 11) is 0. The van der Waals surface area contributed by atoms with Crippen molar-refractivity contribution in [2.24, 2.45) is 0 Å². The fourth-order valence-electron chi connectivity index (χ4n) is 3.29. The van der Waals surface area contributed by atoms with Crippen molar-refractivity contribution in [2.75, 3.05) is 47.5 Å². The first-order valence-corrected chi connectivity index (χ1v) is 11.0. The molecule has 10 heteroatoms. The summed E-state index contributed by atoms with van der Waals surface area (Å²) in [6, 6.07) is 9.14. The second-order valence-corrected chi connectivity index (χ2v) is 8.80. The number of nitrogens with zero attached hydrogens (tertiary/aromatic N) is 2. The van der Waals surface area contributed by atoms with Gasteiger partial charge in [-0.15, -0.1) is 0 Å². The van der Waals surface area contributed by atoms with Gasteiger partial charge in [-0.3, -0.25) is 4.90 Å². The number of benzene rings is 1. The zero-order valence-electron chi connectivity index (χ0n) is 15.4. The second-order valence-electron chi connectivity index (χ2n) is 6.69. The van der Waals surface area contributed by atoms with Gasteiger partial charge >= 0.3 is 6.09 Å². The normalized spacial score (nSPS) is 20.1. The Morgan fingerprint density at radius 3 is 2.90 bits per heavy atom. The van der Waals surface area contributed by atoms with E-state index in [2.05, 4.69) is 11.4 Å². The number of thiocarbonyl (C=S) groups is 1. The van der Waals surface area contributed by atoms with Gasteiger partial charge in [-0.2, -0.15) is 0 Å². The Morgan fingerprint density at radius 2 is 2.21 bits per heavy atom. The van der Waals surface area contributed by atoms with Crippen molar-refractivity contribution < 1.29 is 22.9 Å². The van der Waals surface area contributed by atoms with E-state index < -0.39 is 29.2 Å². The largest absolute Gasteiger partial charge is 0.616 e. The molecule has 153 valence electrons. The Kier molecular flexibility index (Phi) is 5.93. The van der Waals surface area contributed by atoms with Crippen LogP contribution in [0.5, 0.6) is 0 Å². The molecule has 2 aliphatic rings. The molecule has 1 aromatic heterocycles. The fourth-order valence-corrected chi connectivity index (χ4v) is 4.53. The Morgan fingerprint density at radius 1 is 1.41 bits per heavy atom. The van der Waals surface area contributed by atoms with Crippen LogP contribution < -0.4 is 15.1 Å². The van der Waals surface area contributed by atoms with Gasteiger partial charge < -0.3 is 23.9 Å². The lowest BCUT2D eigenvalue weighted by Gasteiger charge is -2.30. The Bertz CT molecular complexity index is 888. The lowest BCUT2D eigenvalue weighted by Crippen LogP contribution is -2.40. The highest BCUT2D eigenvalue weighted by atomic mass is 32.2. The smallest absolute Gasteiger partial charge is 0.414 e. The highest BCUT2D eigenvalue weighted by Crippen LogP contribution is 2.28. The molecule has 0 bridgehead atoms. The van der Waals surface area contributed by atoms with E-state index in [9.17, 15) is 13.7 Å². The van der Waals surface area contributed by atoms with Gasteiger partial charge in [0.1, 0.15) is 28.4 Å². The summed E-state index contributed by atoms with van der Waals surface area (Å²) in [5.41, 5.74) is 0.887. The molecular formula is C19H19FN3O4S2. The van der Waals surface area contributed by atoms with Gasteiger partial charge in [-0.1, -0.05) is 23.4 Å². The van der Waals surface area contributed by atoms with Crippen molar-refractivity contribution in [3.8, 4) is 0 Å². The van der Waals surface area contributed by atoms with E-state index >= 15 is 0 Å². The van der Waals surface area contributed by atoms with Gasteiger partial charge in [0.05, 0.1) is 43.8 Å². The molecule has 1 radical (unpaired) electrons. The SMILES string of the molecule is O=C1O[C@@H](CNC(=S)c2[c]cco2)CN1c1ccc(N2CC[S+]([O-])CC2)c(F)c1. The van der Waals surface area contributed by atoms with Crippen LogP contribution in [0, 0.1) is 11.9 Å². The number of anilines is 2. The topological polar surface area (TPSA) is 81.0 Å². The number of amides is 1. The van der Waals surface area contributed by atoms with Crippen LogP contribution in [0.2, 0.25) is 0 Å². The number of carbonyl (C=O) groups excluding carboxylic acids is 1. The number of carbonyl (C=O) groups is 1. The Hall–Kier alpha value is -2.30. The van der Waals surface area contributed by atoms with Crippen molar-refractivity contribution in [3.05, 3.63) is 48.2 Å². The maximum Gasteiger partial charge on any atom is 0.414 e. The number of hydrogen-bond acceptors (Lipinski definition) is 6. The van der Waals surface area contributed by atoms with Crippen LogP contribution in [0.4, 0.5) is 20.6 Å². The van der Waals surface area contributed by atoms with Crippen molar-refractivity contribution in [3.63, 3.8) is 0 Å². The molecule has 0 aliphatic carbocycles. The molecular weight excluding hydrogens is 417 g/mol. The summed E-state index contributed by atoms with van der Waals surface area (Å²) in [6.07, 6.45) is 0.505. The number of furan rings is 1. The zero-order valence-corrected chi connectivity index (χ0v) is 17.1. The van der Waals surface area contributed by atoms with E-state index in [1.807, 2.05) is 4.90 Å². The van der Waals surface area contributed by atoms with E-state index in [-0.39, 0.29) is 6.54 Å². The molecule has 1 atom stereocenters. The van der Waals surface area contributed by atoms with Crippen LogP contribution in [0.15, 0.2) is 34.9 Å². The van der Waals surface area contributed by atoms with Crippen LogP contribution in [0.1, 0.15) is 5.76 Å². The van der Waals surface area contributed by atoms with Crippen molar-refractivity contribution in [2.45, 2.75) is 6.10 Å². The zero-order chi connectivity index (χ0) is 20.4. The average Bonchev–Trinajstić information content (AvgIpc) is 3.37. The molecule has 1 aromatic carbocycles. The Labute approximate surface area is 176 Å². The van der Waals surface area contributed by atoms with Crippen molar-refractivity contribution >= 4 is 45.9 Å². The molecule has 2 fully saturated rings. The Balaban J connectivity index is 1.37.